The first-order valence-corrected chi connectivity index (χ1v) is 4.22. The maximum atomic E-state index is 5.51. The van der Waals surface area contributed by atoms with Crippen LogP contribution in [0.3, 0.4) is 0 Å². The third-order valence-electron chi connectivity index (χ3n) is 1.67. The quantitative estimate of drug-likeness (QED) is 0.619. The van der Waals surface area contributed by atoms with Crippen molar-refractivity contribution in [1.82, 2.24) is 0 Å². The average Bonchev–Trinajstić information content (AvgIpc) is 1.97. The van der Waals surface area contributed by atoms with Crippen LogP contribution in [0.2, 0.25) is 0 Å². The molecule has 2 atom stereocenters. The highest BCUT2D eigenvalue weighted by Gasteiger charge is 2.00. The Morgan fingerprint density at radius 2 is 2.08 bits per heavy atom. The Bertz CT molecular complexity index is 196. The lowest BCUT2D eigenvalue weighted by molar-refractivity contribution is 0.622. The van der Waals surface area contributed by atoms with Crippen molar-refractivity contribution >= 4 is 0 Å². The Kier molecular flexibility index (Phi) is 5.23. The van der Waals surface area contributed by atoms with Gasteiger partial charge in [-0.3, -0.25) is 0 Å². The number of nitrogens with two attached hydrogens (primary N) is 2. The summed E-state index contributed by atoms with van der Waals surface area (Å²) in [7, 11) is 0. The van der Waals surface area contributed by atoms with Crippen LogP contribution in [0.5, 0.6) is 0 Å². The first-order chi connectivity index (χ1) is 5.54. The predicted molar refractivity (Wildman–Crippen MR) is 53.2 cm³/mol. The van der Waals surface area contributed by atoms with Gasteiger partial charge in [-0.05, 0) is 19.3 Å². The molecule has 0 saturated heterocycles. The van der Waals surface area contributed by atoms with Gasteiger partial charge in [-0.15, -0.1) is 5.92 Å². The standard InChI is InChI=1S/C10H18N2/c1-8(10(3)12)6-4-5-7-9(2)11/h8-9H,3-4,6,11-12H2,1-2H3/t8?,9-/m1/s1. The summed E-state index contributed by atoms with van der Waals surface area (Å²) < 4.78 is 0. The van der Waals surface area contributed by atoms with Crippen LogP contribution in [0.15, 0.2) is 12.3 Å². The minimum absolute atomic E-state index is 0.0265. The Morgan fingerprint density at radius 1 is 1.50 bits per heavy atom. The molecule has 1 unspecified atom stereocenters. The number of hydrogen-bond acceptors (Lipinski definition) is 2. The molecule has 0 rings (SSSR count). The maximum absolute atomic E-state index is 5.51. The highest BCUT2D eigenvalue weighted by molar-refractivity contribution is 5.05. The van der Waals surface area contributed by atoms with E-state index in [2.05, 4.69) is 25.3 Å². The Labute approximate surface area is 75.0 Å². The van der Waals surface area contributed by atoms with Crippen molar-refractivity contribution in [2.24, 2.45) is 17.4 Å². The molecule has 0 aromatic carbocycles. The fourth-order valence-corrected chi connectivity index (χ4v) is 0.707. The SMILES string of the molecule is C=C(N)C(C)CCC#C[C@@H](C)N. The smallest absolute Gasteiger partial charge is 0.0635 e. The van der Waals surface area contributed by atoms with Crippen LogP contribution in [-0.2, 0) is 0 Å². The molecule has 12 heavy (non-hydrogen) atoms. The van der Waals surface area contributed by atoms with Gasteiger partial charge in [0, 0.05) is 12.1 Å². The lowest BCUT2D eigenvalue weighted by Gasteiger charge is -2.06. The molecule has 2 heteroatoms. The maximum Gasteiger partial charge on any atom is 0.0635 e. The molecule has 0 fully saturated rings. The van der Waals surface area contributed by atoms with Crippen LogP contribution in [-0.4, -0.2) is 6.04 Å². The minimum atomic E-state index is -0.0265. The van der Waals surface area contributed by atoms with Crippen molar-refractivity contribution < 1.29 is 0 Å². The molecule has 68 valence electrons. The van der Waals surface area contributed by atoms with Crippen molar-refractivity contribution in [2.75, 3.05) is 0 Å². The molecule has 0 amide bonds. The third kappa shape index (κ3) is 5.82. The summed E-state index contributed by atoms with van der Waals surface area (Å²) in [5.74, 6) is 6.25. The summed E-state index contributed by atoms with van der Waals surface area (Å²) in [6.45, 7) is 7.60. The zero-order valence-corrected chi connectivity index (χ0v) is 7.93. The fraction of sp³-hybridized carbons (Fsp3) is 0.600. The molecule has 0 saturated carbocycles. The summed E-state index contributed by atoms with van der Waals surface area (Å²) in [4.78, 5) is 0. The van der Waals surface area contributed by atoms with Gasteiger partial charge in [0.1, 0.15) is 0 Å². The van der Waals surface area contributed by atoms with Gasteiger partial charge in [-0.2, -0.15) is 0 Å². The highest BCUT2D eigenvalue weighted by atomic mass is 14.6. The van der Waals surface area contributed by atoms with Gasteiger partial charge in [0.15, 0.2) is 0 Å². The zero-order valence-electron chi connectivity index (χ0n) is 7.93. The Hall–Kier alpha value is -0.940. The zero-order chi connectivity index (χ0) is 9.56. The topological polar surface area (TPSA) is 52.0 Å². The summed E-state index contributed by atoms with van der Waals surface area (Å²) in [5.41, 5.74) is 11.7. The second-order valence-electron chi connectivity index (χ2n) is 3.12. The monoisotopic (exact) mass is 166 g/mol. The first kappa shape index (κ1) is 11.1. The molecule has 0 heterocycles. The van der Waals surface area contributed by atoms with Gasteiger partial charge in [0.2, 0.25) is 0 Å². The van der Waals surface area contributed by atoms with E-state index in [1.807, 2.05) is 6.92 Å². The first-order valence-electron chi connectivity index (χ1n) is 4.22. The van der Waals surface area contributed by atoms with Crippen molar-refractivity contribution in [3.05, 3.63) is 12.3 Å². The summed E-state index contributed by atoms with van der Waals surface area (Å²) >= 11 is 0. The van der Waals surface area contributed by atoms with Gasteiger partial charge in [-0.25, -0.2) is 0 Å². The van der Waals surface area contributed by atoms with E-state index in [4.69, 9.17) is 11.5 Å². The van der Waals surface area contributed by atoms with Crippen molar-refractivity contribution in [2.45, 2.75) is 32.7 Å². The van der Waals surface area contributed by atoms with E-state index in [1.54, 1.807) is 0 Å². The largest absolute Gasteiger partial charge is 0.402 e. The van der Waals surface area contributed by atoms with E-state index in [9.17, 15) is 0 Å². The third-order valence-corrected chi connectivity index (χ3v) is 1.67. The summed E-state index contributed by atoms with van der Waals surface area (Å²) in [5, 5.41) is 0. The average molecular weight is 166 g/mol. The molecule has 0 aromatic rings. The van der Waals surface area contributed by atoms with Crippen LogP contribution in [0, 0.1) is 17.8 Å². The summed E-state index contributed by atoms with van der Waals surface area (Å²) in [6, 6.07) is -0.0265. The highest BCUT2D eigenvalue weighted by Crippen LogP contribution is 2.09. The van der Waals surface area contributed by atoms with Gasteiger partial charge in [0.25, 0.3) is 0 Å². The summed E-state index contributed by atoms with van der Waals surface area (Å²) in [6.07, 6.45) is 1.81. The van der Waals surface area contributed by atoms with Crippen LogP contribution < -0.4 is 11.5 Å². The second-order valence-corrected chi connectivity index (χ2v) is 3.12. The Morgan fingerprint density at radius 3 is 2.50 bits per heavy atom. The van der Waals surface area contributed by atoms with E-state index < -0.39 is 0 Å². The molecule has 0 bridgehead atoms. The van der Waals surface area contributed by atoms with Crippen molar-refractivity contribution in [3.8, 4) is 11.8 Å². The fourth-order valence-electron chi connectivity index (χ4n) is 0.707. The normalized spacial score (nSPS) is 14.2. The molecule has 0 aliphatic heterocycles. The number of allylic oxidation sites excluding steroid dienone is 1. The molecular formula is C10H18N2. The van der Waals surface area contributed by atoms with Crippen LogP contribution in [0.4, 0.5) is 0 Å². The van der Waals surface area contributed by atoms with Gasteiger partial charge in [-0.1, -0.05) is 19.4 Å². The second kappa shape index (κ2) is 5.68. The molecule has 0 aromatic heterocycles. The van der Waals surface area contributed by atoms with E-state index in [0.29, 0.717) is 5.92 Å². The molecule has 4 N–H and O–H groups in total. The van der Waals surface area contributed by atoms with Crippen LogP contribution >= 0.6 is 0 Å². The lowest BCUT2D eigenvalue weighted by atomic mass is 10.0. The Balaban J connectivity index is 3.58. The molecular weight excluding hydrogens is 148 g/mol. The molecule has 0 aliphatic rings. The van der Waals surface area contributed by atoms with Gasteiger partial charge >= 0.3 is 0 Å². The van der Waals surface area contributed by atoms with Gasteiger partial charge in [0.05, 0.1) is 6.04 Å². The number of hydrogen-bond donors (Lipinski definition) is 2. The van der Waals surface area contributed by atoms with E-state index >= 15 is 0 Å². The van der Waals surface area contributed by atoms with Gasteiger partial charge < -0.3 is 11.5 Å². The van der Waals surface area contributed by atoms with Crippen LogP contribution in [0.1, 0.15) is 26.7 Å². The van der Waals surface area contributed by atoms with E-state index in [1.165, 1.54) is 0 Å². The number of rotatable bonds is 3. The molecule has 0 aliphatic carbocycles. The molecule has 0 spiro atoms. The molecule has 2 nitrogen and oxygen atoms in total. The van der Waals surface area contributed by atoms with Crippen molar-refractivity contribution in [3.63, 3.8) is 0 Å². The lowest BCUT2D eigenvalue weighted by Crippen LogP contribution is -2.11. The van der Waals surface area contributed by atoms with E-state index in [-0.39, 0.29) is 6.04 Å². The van der Waals surface area contributed by atoms with E-state index in [0.717, 1.165) is 18.5 Å². The minimum Gasteiger partial charge on any atom is -0.402 e. The molecule has 0 radical (unpaired) electrons. The van der Waals surface area contributed by atoms with Crippen LogP contribution in [0.25, 0.3) is 0 Å². The van der Waals surface area contributed by atoms with Crippen molar-refractivity contribution in [1.29, 1.82) is 0 Å². The predicted octanol–water partition coefficient (Wildman–Crippen LogP) is 1.23.